The number of carboxylic acid groups (broad SMARTS) is 1. The fraction of sp³-hybridized carbons (Fsp3) is 0.636. The molecule has 1 aliphatic carbocycles. The number of rotatable bonds is 2. The number of halogens is 3. The molecule has 1 saturated carbocycles. The molecular formula is C11H12F3NO2S. The molecule has 1 aromatic rings. The van der Waals surface area contributed by atoms with E-state index in [-0.39, 0.29) is 5.01 Å². The number of thiazole rings is 1. The van der Waals surface area contributed by atoms with E-state index >= 15 is 0 Å². The third kappa shape index (κ3) is 2.23. The van der Waals surface area contributed by atoms with E-state index in [1.165, 1.54) is 0 Å². The van der Waals surface area contributed by atoms with Gasteiger partial charge in [-0.25, -0.2) is 4.98 Å². The predicted octanol–water partition coefficient (Wildman–Crippen LogP) is 3.45. The molecule has 0 radical (unpaired) electrons. The quantitative estimate of drug-likeness (QED) is 0.902. The van der Waals surface area contributed by atoms with E-state index in [9.17, 15) is 23.1 Å². The van der Waals surface area contributed by atoms with Crippen LogP contribution in [0.4, 0.5) is 13.2 Å². The van der Waals surface area contributed by atoms with Gasteiger partial charge in [0.25, 0.3) is 0 Å². The topological polar surface area (TPSA) is 50.2 Å². The normalized spacial score (nSPS) is 19.7. The van der Waals surface area contributed by atoms with E-state index < -0.39 is 23.3 Å². The Morgan fingerprint density at radius 1 is 1.33 bits per heavy atom. The van der Waals surface area contributed by atoms with E-state index in [0.717, 1.165) is 23.1 Å². The summed E-state index contributed by atoms with van der Waals surface area (Å²) in [6, 6.07) is 0. The zero-order chi connectivity index (χ0) is 13.4. The van der Waals surface area contributed by atoms with E-state index in [0.29, 0.717) is 25.7 Å². The van der Waals surface area contributed by atoms with Crippen molar-refractivity contribution in [3.8, 4) is 0 Å². The van der Waals surface area contributed by atoms with Crippen LogP contribution in [0, 0.1) is 0 Å². The molecule has 0 atom stereocenters. The molecule has 1 heterocycles. The van der Waals surface area contributed by atoms with Crippen molar-refractivity contribution in [2.45, 2.75) is 43.7 Å². The lowest BCUT2D eigenvalue weighted by atomic mass is 9.74. The Balaban J connectivity index is 2.38. The second kappa shape index (κ2) is 4.53. The number of alkyl halides is 3. The lowest BCUT2D eigenvalue weighted by Crippen LogP contribution is -2.37. The average molecular weight is 279 g/mol. The van der Waals surface area contributed by atoms with Gasteiger partial charge in [-0.05, 0) is 12.8 Å². The smallest absolute Gasteiger partial charge is 0.434 e. The van der Waals surface area contributed by atoms with Gasteiger partial charge in [-0.15, -0.1) is 11.3 Å². The van der Waals surface area contributed by atoms with Crippen molar-refractivity contribution in [1.82, 2.24) is 4.98 Å². The zero-order valence-electron chi connectivity index (χ0n) is 9.46. The van der Waals surface area contributed by atoms with Crippen LogP contribution in [-0.4, -0.2) is 16.1 Å². The van der Waals surface area contributed by atoms with Crippen LogP contribution in [-0.2, 0) is 16.4 Å². The van der Waals surface area contributed by atoms with Crippen molar-refractivity contribution in [2.24, 2.45) is 0 Å². The number of nitrogens with zero attached hydrogens (tertiary/aromatic N) is 1. The van der Waals surface area contributed by atoms with Crippen LogP contribution < -0.4 is 0 Å². The summed E-state index contributed by atoms with van der Waals surface area (Å²) in [5, 5.41) is 10.3. The largest absolute Gasteiger partial charge is 0.481 e. The van der Waals surface area contributed by atoms with Crippen molar-refractivity contribution >= 4 is 17.3 Å². The molecule has 1 N–H and O–H groups in total. The highest BCUT2D eigenvalue weighted by atomic mass is 32.1. The van der Waals surface area contributed by atoms with Crippen LogP contribution >= 0.6 is 11.3 Å². The van der Waals surface area contributed by atoms with Crippen molar-refractivity contribution in [2.75, 3.05) is 0 Å². The summed E-state index contributed by atoms with van der Waals surface area (Å²) < 4.78 is 37.5. The molecule has 1 fully saturated rings. The van der Waals surface area contributed by atoms with Gasteiger partial charge in [0.2, 0.25) is 0 Å². The Hall–Kier alpha value is -1.11. The second-order valence-electron chi connectivity index (χ2n) is 4.48. The maximum atomic E-state index is 12.5. The van der Waals surface area contributed by atoms with Gasteiger partial charge in [-0.1, -0.05) is 19.3 Å². The number of hydrogen-bond donors (Lipinski definition) is 1. The van der Waals surface area contributed by atoms with Crippen molar-refractivity contribution in [3.63, 3.8) is 0 Å². The van der Waals surface area contributed by atoms with Crippen LogP contribution in [0.15, 0.2) is 5.38 Å². The summed E-state index contributed by atoms with van der Waals surface area (Å²) in [6.07, 6.45) is -1.42. The van der Waals surface area contributed by atoms with E-state index in [2.05, 4.69) is 4.98 Å². The fourth-order valence-corrected chi connectivity index (χ4v) is 3.38. The molecule has 1 aliphatic rings. The van der Waals surface area contributed by atoms with Crippen LogP contribution in [0.5, 0.6) is 0 Å². The molecule has 0 unspecified atom stereocenters. The molecule has 3 nitrogen and oxygen atoms in total. The number of aromatic nitrogens is 1. The summed E-state index contributed by atoms with van der Waals surface area (Å²) in [7, 11) is 0. The molecule has 0 saturated heterocycles. The lowest BCUT2D eigenvalue weighted by molar-refractivity contribution is -0.146. The Labute approximate surface area is 106 Å². The van der Waals surface area contributed by atoms with Gasteiger partial charge in [0, 0.05) is 5.38 Å². The second-order valence-corrected chi connectivity index (χ2v) is 5.34. The number of aliphatic carboxylic acids is 1. The van der Waals surface area contributed by atoms with Gasteiger partial charge >= 0.3 is 12.1 Å². The SMILES string of the molecule is O=C(O)C1(c2nc(C(F)(F)F)cs2)CCCCC1. The molecule has 2 rings (SSSR count). The molecular weight excluding hydrogens is 267 g/mol. The first-order chi connectivity index (χ1) is 8.36. The van der Waals surface area contributed by atoms with Crippen molar-refractivity contribution < 1.29 is 23.1 Å². The maximum absolute atomic E-state index is 12.5. The minimum atomic E-state index is -4.51. The van der Waals surface area contributed by atoms with Crippen molar-refractivity contribution in [3.05, 3.63) is 16.1 Å². The van der Waals surface area contributed by atoms with E-state index in [1.54, 1.807) is 0 Å². The van der Waals surface area contributed by atoms with Gasteiger partial charge in [-0.3, -0.25) is 4.79 Å². The summed E-state index contributed by atoms with van der Waals surface area (Å²) in [5.74, 6) is -1.06. The number of hydrogen-bond acceptors (Lipinski definition) is 3. The highest BCUT2D eigenvalue weighted by Crippen LogP contribution is 2.42. The minimum Gasteiger partial charge on any atom is -0.481 e. The van der Waals surface area contributed by atoms with Gasteiger partial charge < -0.3 is 5.11 Å². The third-order valence-electron chi connectivity index (χ3n) is 3.32. The summed E-state index contributed by atoms with van der Waals surface area (Å²) in [5.41, 5.74) is -2.21. The van der Waals surface area contributed by atoms with Crippen LogP contribution in [0.2, 0.25) is 0 Å². The summed E-state index contributed by atoms with van der Waals surface area (Å²) in [4.78, 5) is 14.9. The minimum absolute atomic E-state index is 0.0852. The van der Waals surface area contributed by atoms with E-state index in [4.69, 9.17) is 0 Å². The summed E-state index contributed by atoms with van der Waals surface area (Å²) in [6.45, 7) is 0. The molecule has 100 valence electrons. The van der Waals surface area contributed by atoms with Crippen LogP contribution in [0.1, 0.15) is 42.8 Å². The summed E-state index contributed by atoms with van der Waals surface area (Å²) >= 11 is 0.798. The Kier molecular flexibility index (Phi) is 3.35. The standard InChI is InChI=1S/C11H12F3NO2S/c12-11(13,14)7-6-18-8(15-7)10(9(16)17)4-2-1-3-5-10/h6H,1-5H2,(H,16,17). The molecule has 0 spiro atoms. The molecule has 0 aliphatic heterocycles. The molecule has 0 bridgehead atoms. The Morgan fingerprint density at radius 2 is 1.94 bits per heavy atom. The van der Waals surface area contributed by atoms with Crippen LogP contribution in [0.3, 0.4) is 0 Å². The van der Waals surface area contributed by atoms with Crippen molar-refractivity contribution in [1.29, 1.82) is 0 Å². The lowest BCUT2D eigenvalue weighted by Gasteiger charge is -2.31. The zero-order valence-corrected chi connectivity index (χ0v) is 10.3. The van der Waals surface area contributed by atoms with Gasteiger partial charge in [-0.2, -0.15) is 13.2 Å². The molecule has 18 heavy (non-hydrogen) atoms. The molecule has 1 aromatic heterocycles. The molecule has 0 amide bonds. The predicted molar refractivity (Wildman–Crippen MR) is 59.5 cm³/mol. The fourth-order valence-electron chi connectivity index (χ4n) is 2.30. The highest BCUT2D eigenvalue weighted by molar-refractivity contribution is 7.10. The van der Waals surface area contributed by atoms with Gasteiger partial charge in [0.1, 0.15) is 10.4 Å². The maximum Gasteiger partial charge on any atom is 0.434 e. The first-order valence-electron chi connectivity index (χ1n) is 5.63. The molecule has 7 heteroatoms. The highest BCUT2D eigenvalue weighted by Gasteiger charge is 2.45. The number of carbonyl (C=O) groups is 1. The Morgan fingerprint density at radius 3 is 2.39 bits per heavy atom. The van der Waals surface area contributed by atoms with Crippen LogP contribution in [0.25, 0.3) is 0 Å². The van der Waals surface area contributed by atoms with E-state index in [1.807, 2.05) is 0 Å². The average Bonchev–Trinajstić information content (AvgIpc) is 2.79. The first-order valence-corrected chi connectivity index (χ1v) is 6.51. The number of carboxylic acids is 1. The monoisotopic (exact) mass is 279 g/mol. The van der Waals surface area contributed by atoms with Gasteiger partial charge in [0.15, 0.2) is 5.69 Å². The molecule has 0 aromatic carbocycles. The van der Waals surface area contributed by atoms with Gasteiger partial charge in [0.05, 0.1) is 0 Å². The first kappa shape index (κ1) is 13.3. The third-order valence-corrected chi connectivity index (χ3v) is 4.37. The Bertz CT molecular complexity index is 449.